The molecular weight excluding hydrogens is 557 g/mol. The van der Waals surface area contributed by atoms with Gasteiger partial charge in [0, 0.05) is 40.1 Å². The van der Waals surface area contributed by atoms with Crippen LogP contribution < -0.4 is 9.62 Å². The lowest BCUT2D eigenvalue weighted by Gasteiger charge is -2.32. The molecule has 1 atom stereocenters. The maximum Gasteiger partial charge on any atom is 0.242 e. The Morgan fingerprint density at radius 3 is 2.19 bits per heavy atom. The van der Waals surface area contributed by atoms with Crippen LogP contribution in [0.4, 0.5) is 5.69 Å². The van der Waals surface area contributed by atoms with Gasteiger partial charge in [0.2, 0.25) is 21.8 Å². The highest BCUT2D eigenvalue weighted by Gasteiger charge is 2.29. The molecule has 2 aromatic rings. The van der Waals surface area contributed by atoms with Crippen LogP contribution in [0.15, 0.2) is 36.4 Å². The standard InChI is InChI=1S/C26H34Cl3N3O4S/c1-17-9-11-21(28)15-23(17)32(37(6,35)36)13-7-8-24(33)31(18(2)25(34)30-26(3,4)5)16-19-10-12-20(27)14-22(19)29/h9-12,14-15,18H,7-8,13,16H2,1-6H3,(H,30,34)/t18-/m1/s1. The van der Waals surface area contributed by atoms with Crippen LogP contribution in [0.3, 0.4) is 0 Å². The third-order valence-electron chi connectivity index (χ3n) is 5.61. The second-order valence-electron chi connectivity index (χ2n) is 10.0. The highest BCUT2D eigenvalue weighted by Crippen LogP contribution is 2.27. The zero-order chi connectivity index (χ0) is 28.1. The van der Waals surface area contributed by atoms with Crippen molar-refractivity contribution in [2.45, 2.75) is 65.6 Å². The summed E-state index contributed by atoms with van der Waals surface area (Å²) in [7, 11) is -3.63. The summed E-state index contributed by atoms with van der Waals surface area (Å²) in [4.78, 5) is 27.8. The van der Waals surface area contributed by atoms with E-state index >= 15 is 0 Å². The predicted molar refractivity (Wildman–Crippen MR) is 152 cm³/mol. The molecule has 0 spiro atoms. The van der Waals surface area contributed by atoms with E-state index in [4.69, 9.17) is 34.8 Å². The summed E-state index contributed by atoms with van der Waals surface area (Å²) in [5.41, 5.74) is 1.36. The van der Waals surface area contributed by atoms with Gasteiger partial charge in [-0.2, -0.15) is 0 Å². The van der Waals surface area contributed by atoms with Crippen LogP contribution in [0, 0.1) is 6.92 Å². The Balaban J connectivity index is 2.26. The number of hydrogen-bond donors (Lipinski definition) is 1. The van der Waals surface area contributed by atoms with Gasteiger partial charge in [-0.1, -0.05) is 46.9 Å². The molecule has 0 aliphatic heterocycles. The normalized spacial score (nSPS) is 12.7. The van der Waals surface area contributed by atoms with Crippen LogP contribution in [0.1, 0.15) is 51.7 Å². The summed E-state index contributed by atoms with van der Waals surface area (Å²) >= 11 is 18.5. The zero-order valence-electron chi connectivity index (χ0n) is 21.9. The fourth-order valence-corrected chi connectivity index (χ4v) is 5.37. The molecule has 0 unspecified atom stereocenters. The van der Waals surface area contributed by atoms with Crippen molar-refractivity contribution in [3.63, 3.8) is 0 Å². The Morgan fingerprint density at radius 2 is 1.62 bits per heavy atom. The van der Waals surface area contributed by atoms with E-state index in [1.54, 1.807) is 50.2 Å². The van der Waals surface area contributed by atoms with Crippen LogP contribution in [0.5, 0.6) is 0 Å². The predicted octanol–water partition coefficient (Wildman–Crippen LogP) is 5.83. The first-order chi connectivity index (χ1) is 17.0. The van der Waals surface area contributed by atoms with Crippen LogP contribution in [0.2, 0.25) is 15.1 Å². The van der Waals surface area contributed by atoms with Crippen molar-refractivity contribution in [1.29, 1.82) is 0 Å². The number of benzene rings is 2. The first-order valence-corrected chi connectivity index (χ1v) is 14.8. The maximum absolute atomic E-state index is 13.4. The quantitative estimate of drug-likeness (QED) is 0.377. The van der Waals surface area contributed by atoms with Crippen molar-refractivity contribution in [3.8, 4) is 0 Å². The molecule has 0 radical (unpaired) electrons. The lowest BCUT2D eigenvalue weighted by atomic mass is 10.1. The van der Waals surface area contributed by atoms with E-state index in [9.17, 15) is 18.0 Å². The van der Waals surface area contributed by atoms with Gasteiger partial charge in [-0.15, -0.1) is 0 Å². The molecule has 11 heteroatoms. The van der Waals surface area contributed by atoms with Crippen molar-refractivity contribution < 1.29 is 18.0 Å². The molecule has 0 saturated heterocycles. The Morgan fingerprint density at radius 1 is 1.03 bits per heavy atom. The maximum atomic E-state index is 13.4. The molecule has 0 bridgehead atoms. The van der Waals surface area contributed by atoms with Gasteiger partial charge in [0.25, 0.3) is 0 Å². The molecule has 2 rings (SSSR count). The average Bonchev–Trinajstić information content (AvgIpc) is 2.75. The number of nitrogens with one attached hydrogen (secondary N) is 1. The monoisotopic (exact) mass is 589 g/mol. The fourth-order valence-electron chi connectivity index (χ4n) is 3.72. The first kappa shape index (κ1) is 31.2. The molecule has 1 N–H and O–H groups in total. The Labute approximate surface area is 235 Å². The summed E-state index contributed by atoms with van der Waals surface area (Å²) in [5.74, 6) is -0.614. The smallest absolute Gasteiger partial charge is 0.242 e. The lowest BCUT2D eigenvalue weighted by molar-refractivity contribution is -0.141. The molecular formula is C26H34Cl3N3O4S. The molecule has 0 fully saturated rings. The van der Waals surface area contributed by atoms with E-state index in [1.165, 1.54) is 9.21 Å². The van der Waals surface area contributed by atoms with E-state index in [1.807, 2.05) is 20.8 Å². The number of halogens is 3. The molecule has 204 valence electrons. The summed E-state index contributed by atoms with van der Waals surface area (Å²) in [6.07, 6.45) is 1.36. The summed E-state index contributed by atoms with van der Waals surface area (Å²) in [6, 6.07) is 9.20. The second-order valence-corrected chi connectivity index (χ2v) is 13.2. The Kier molecular flexibility index (Phi) is 10.7. The molecule has 0 aromatic heterocycles. The average molecular weight is 591 g/mol. The van der Waals surface area contributed by atoms with E-state index in [0.717, 1.165) is 11.8 Å². The number of sulfonamides is 1. The molecule has 0 aliphatic carbocycles. The minimum absolute atomic E-state index is 0.0178. The Bertz CT molecular complexity index is 1250. The van der Waals surface area contributed by atoms with E-state index in [0.29, 0.717) is 26.3 Å². The van der Waals surface area contributed by atoms with Gasteiger partial charge in [-0.25, -0.2) is 8.42 Å². The number of rotatable bonds is 10. The minimum atomic E-state index is -3.63. The molecule has 0 saturated carbocycles. The summed E-state index contributed by atoms with van der Waals surface area (Å²) in [6.45, 7) is 9.19. The molecule has 2 amide bonds. The number of amides is 2. The zero-order valence-corrected chi connectivity index (χ0v) is 25.0. The largest absolute Gasteiger partial charge is 0.350 e. The van der Waals surface area contributed by atoms with Gasteiger partial charge < -0.3 is 10.2 Å². The van der Waals surface area contributed by atoms with Crippen LogP contribution in [0.25, 0.3) is 0 Å². The van der Waals surface area contributed by atoms with Crippen molar-refractivity contribution in [2.75, 3.05) is 17.1 Å². The molecule has 0 aliphatic rings. The molecule has 37 heavy (non-hydrogen) atoms. The van der Waals surface area contributed by atoms with Gasteiger partial charge in [-0.05, 0) is 76.4 Å². The van der Waals surface area contributed by atoms with Gasteiger partial charge >= 0.3 is 0 Å². The highest BCUT2D eigenvalue weighted by atomic mass is 35.5. The van der Waals surface area contributed by atoms with Crippen molar-refractivity contribution >= 4 is 62.3 Å². The molecule has 2 aromatic carbocycles. The van der Waals surface area contributed by atoms with Crippen molar-refractivity contribution in [3.05, 3.63) is 62.6 Å². The number of hydrogen-bond acceptors (Lipinski definition) is 4. The summed E-state index contributed by atoms with van der Waals surface area (Å²) in [5, 5.41) is 4.16. The van der Waals surface area contributed by atoms with E-state index in [2.05, 4.69) is 5.32 Å². The Hall–Kier alpha value is -2.00. The van der Waals surface area contributed by atoms with Gasteiger partial charge in [0.1, 0.15) is 6.04 Å². The third kappa shape index (κ3) is 9.36. The van der Waals surface area contributed by atoms with Gasteiger partial charge in [-0.3, -0.25) is 13.9 Å². The highest BCUT2D eigenvalue weighted by molar-refractivity contribution is 7.92. The summed E-state index contributed by atoms with van der Waals surface area (Å²) < 4.78 is 26.3. The van der Waals surface area contributed by atoms with E-state index in [-0.39, 0.29) is 37.7 Å². The first-order valence-electron chi connectivity index (χ1n) is 11.8. The SMILES string of the molecule is Cc1ccc(Cl)cc1N(CCCC(=O)N(Cc1ccc(Cl)cc1Cl)[C@H](C)C(=O)NC(C)(C)C)S(C)(=O)=O. The van der Waals surface area contributed by atoms with Crippen LogP contribution >= 0.6 is 34.8 Å². The lowest BCUT2D eigenvalue weighted by Crippen LogP contribution is -2.52. The topological polar surface area (TPSA) is 86.8 Å². The number of carbonyl (C=O) groups is 2. The molecule has 0 heterocycles. The number of carbonyl (C=O) groups excluding carboxylic acids is 2. The number of aryl methyl sites for hydroxylation is 1. The fraction of sp³-hybridized carbons (Fsp3) is 0.462. The third-order valence-corrected chi connectivity index (χ3v) is 7.62. The van der Waals surface area contributed by atoms with Crippen molar-refractivity contribution in [1.82, 2.24) is 10.2 Å². The molecule has 7 nitrogen and oxygen atoms in total. The van der Waals surface area contributed by atoms with E-state index < -0.39 is 21.6 Å². The minimum Gasteiger partial charge on any atom is -0.350 e. The van der Waals surface area contributed by atoms with Gasteiger partial charge in [0.05, 0.1) is 11.9 Å². The van der Waals surface area contributed by atoms with Crippen molar-refractivity contribution in [2.24, 2.45) is 0 Å². The number of nitrogens with zero attached hydrogens (tertiary/aromatic N) is 2. The second kappa shape index (κ2) is 12.7. The number of anilines is 1. The van der Waals surface area contributed by atoms with Gasteiger partial charge in [0.15, 0.2) is 0 Å². The van der Waals surface area contributed by atoms with Crippen LogP contribution in [-0.2, 0) is 26.2 Å². The van der Waals surface area contributed by atoms with Crippen LogP contribution in [-0.4, -0.2) is 49.5 Å².